The first-order chi connectivity index (χ1) is 13.3. The normalized spacial score (nSPS) is 11.2. The number of halogens is 1. The van der Waals surface area contributed by atoms with Crippen molar-refractivity contribution in [1.82, 2.24) is 4.98 Å². The number of thiazole rings is 1. The van der Waals surface area contributed by atoms with Crippen LogP contribution in [0.5, 0.6) is 0 Å². The zero-order chi connectivity index (χ0) is 20.3. The van der Waals surface area contributed by atoms with Crippen molar-refractivity contribution in [3.05, 3.63) is 64.1 Å². The van der Waals surface area contributed by atoms with E-state index in [1.54, 1.807) is 6.92 Å². The lowest BCUT2D eigenvalue weighted by molar-refractivity contribution is 0.102. The van der Waals surface area contributed by atoms with Crippen molar-refractivity contribution < 1.29 is 13.2 Å². The van der Waals surface area contributed by atoms with Crippen molar-refractivity contribution in [3.63, 3.8) is 0 Å². The van der Waals surface area contributed by atoms with Crippen LogP contribution in [0.1, 0.15) is 15.4 Å². The summed E-state index contributed by atoms with van der Waals surface area (Å²) in [7, 11) is -3.82. The minimum absolute atomic E-state index is 0.0599. The quantitative estimate of drug-likeness (QED) is 0.519. The molecule has 146 valence electrons. The number of nitrogens with zero attached hydrogens (tertiary/aromatic N) is 1. The summed E-state index contributed by atoms with van der Waals surface area (Å²) < 4.78 is 27.4. The molecule has 10 heteroatoms. The van der Waals surface area contributed by atoms with Gasteiger partial charge in [-0.3, -0.25) is 9.52 Å². The number of sulfonamides is 1. The maximum atomic E-state index is 12.6. The lowest BCUT2D eigenvalue weighted by Crippen LogP contribution is -2.12. The predicted molar refractivity (Wildman–Crippen MR) is 115 cm³/mol. The summed E-state index contributed by atoms with van der Waals surface area (Å²) in [5.74, 6) is -0.339. The molecular formula is C18H16ClN3O3S3. The number of para-hydroxylation sites is 1. The number of hydrogen-bond donors (Lipinski definition) is 2. The van der Waals surface area contributed by atoms with Crippen LogP contribution in [0, 0.1) is 6.92 Å². The minimum Gasteiger partial charge on any atom is -0.320 e. The molecule has 28 heavy (non-hydrogen) atoms. The highest BCUT2D eigenvalue weighted by Gasteiger charge is 2.21. The van der Waals surface area contributed by atoms with Crippen LogP contribution in [0.2, 0.25) is 5.02 Å². The summed E-state index contributed by atoms with van der Waals surface area (Å²) in [5.41, 5.74) is 1.13. The van der Waals surface area contributed by atoms with Gasteiger partial charge in [-0.1, -0.05) is 35.1 Å². The molecule has 2 N–H and O–H groups in total. The molecule has 0 aliphatic heterocycles. The molecule has 0 aliphatic carbocycles. The maximum absolute atomic E-state index is 12.6. The lowest BCUT2D eigenvalue weighted by atomic mass is 10.3. The fourth-order valence-corrected chi connectivity index (χ4v) is 5.14. The Morgan fingerprint density at radius 2 is 1.82 bits per heavy atom. The van der Waals surface area contributed by atoms with Crippen LogP contribution in [-0.2, 0) is 10.0 Å². The monoisotopic (exact) mass is 453 g/mol. The van der Waals surface area contributed by atoms with Crippen LogP contribution in [0.15, 0.2) is 58.3 Å². The van der Waals surface area contributed by atoms with E-state index < -0.39 is 10.0 Å². The van der Waals surface area contributed by atoms with Gasteiger partial charge >= 0.3 is 0 Å². The molecule has 1 aromatic heterocycles. The molecule has 0 unspecified atom stereocenters. The molecule has 0 atom stereocenters. The van der Waals surface area contributed by atoms with E-state index in [1.807, 2.05) is 30.5 Å². The molecule has 0 bridgehead atoms. The van der Waals surface area contributed by atoms with Crippen molar-refractivity contribution in [2.75, 3.05) is 16.3 Å². The highest BCUT2D eigenvalue weighted by atomic mass is 35.5. The third-order valence-electron chi connectivity index (χ3n) is 3.70. The molecule has 0 fully saturated rings. The molecule has 0 saturated heterocycles. The Balaban J connectivity index is 1.81. The predicted octanol–water partition coefficient (Wildman–Crippen LogP) is 4.88. The topological polar surface area (TPSA) is 88.2 Å². The summed E-state index contributed by atoms with van der Waals surface area (Å²) in [5, 5.41) is 3.41. The van der Waals surface area contributed by atoms with E-state index in [0.29, 0.717) is 21.3 Å². The maximum Gasteiger partial charge on any atom is 0.267 e. The molecule has 6 nitrogen and oxygen atoms in total. The van der Waals surface area contributed by atoms with Crippen LogP contribution < -0.4 is 10.0 Å². The number of rotatable bonds is 6. The van der Waals surface area contributed by atoms with Crippen molar-refractivity contribution >= 4 is 61.4 Å². The number of hydrogen-bond acceptors (Lipinski definition) is 6. The number of amides is 1. The zero-order valence-corrected chi connectivity index (χ0v) is 18.1. The summed E-state index contributed by atoms with van der Waals surface area (Å²) in [6.45, 7) is 1.66. The largest absolute Gasteiger partial charge is 0.320 e. The molecule has 0 spiro atoms. The zero-order valence-electron chi connectivity index (χ0n) is 14.9. The average Bonchev–Trinajstić information content (AvgIpc) is 3.02. The van der Waals surface area contributed by atoms with E-state index in [1.165, 1.54) is 36.0 Å². The number of carbonyl (C=O) groups excluding carboxylic acids is 1. The van der Waals surface area contributed by atoms with Crippen molar-refractivity contribution in [1.29, 1.82) is 0 Å². The van der Waals surface area contributed by atoms with E-state index in [0.717, 1.165) is 16.2 Å². The number of aryl methyl sites for hydroxylation is 1. The standard InChI is InChI=1S/C18H16ClN3O3S3/c1-11-16(17(23)21-14-5-3-4-6-15(14)26-2)27-18(20-11)22-28(24,25)13-9-7-12(19)8-10-13/h3-10H,1-2H3,(H,20,22)(H,21,23). The Morgan fingerprint density at radius 1 is 1.14 bits per heavy atom. The third kappa shape index (κ3) is 4.67. The van der Waals surface area contributed by atoms with E-state index >= 15 is 0 Å². The Morgan fingerprint density at radius 3 is 2.50 bits per heavy atom. The Labute approximate surface area is 176 Å². The second-order valence-corrected chi connectivity index (χ2v) is 9.61. The second-order valence-electron chi connectivity index (χ2n) is 5.65. The van der Waals surface area contributed by atoms with E-state index in [2.05, 4.69) is 15.0 Å². The first kappa shape index (κ1) is 20.7. The number of aromatic nitrogens is 1. The molecule has 0 radical (unpaired) electrons. The van der Waals surface area contributed by atoms with Gasteiger partial charge in [0.05, 0.1) is 16.3 Å². The fourth-order valence-electron chi connectivity index (χ4n) is 2.37. The van der Waals surface area contributed by atoms with Crippen molar-refractivity contribution in [2.45, 2.75) is 16.7 Å². The van der Waals surface area contributed by atoms with E-state index in [-0.39, 0.29) is 15.9 Å². The molecule has 3 aromatic rings. The third-order valence-corrected chi connectivity index (χ3v) is 7.31. The highest BCUT2D eigenvalue weighted by Crippen LogP contribution is 2.29. The molecule has 0 saturated carbocycles. The van der Waals surface area contributed by atoms with Gasteiger partial charge in [-0.05, 0) is 49.6 Å². The molecule has 0 aliphatic rings. The van der Waals surface area contributed by atoms with E-state index in [4.69, 9.17) is 11.6 Å². The SMILES string of the molecule is CSc1ccccc1NC(=O)c1sc(NS(=O)(=O)c2ccc(Cl)cc2)nc1C. The van der Waals surface area contributed by atoms with Gasteiger partial charge in [0, 0.05) is 9.92 Å². The second kappa shape index (κ2) is 8.52. The molecule has 1 heterocycles. The molecule has 3 rings (SSSR count). The number of anilines is 2. The fraction of sp³-hybridized carbons (Fsp3) is 0.111. The summed E-state index contributed by atoms with van der Waals surface area (Å²) in [6.07, 6.45) is 1.92. The Hall–Kier alpha value is -2.07. The van der Waals surface area contributed by atoms with Gasteiger partial charge in [-0.15, -0.1) is 11.8 Å². The van der Waals surface area contributed by atoms with Gasteiger partial charge in [0.1, 0.15) is 4.88 Å². The number of nitrogens with one attached hydrogen (secondary N) is 2. The van der Waals surface area contributed by atoms with Crippen LogP contribution in [-0.4, -0.2) is 25.6 Å². The van der Waals surface area contributed by atoms with Gasteiger partial charge in [0.25, 0.3) is 15.9 Å². The van der Waals surface area contributed by atoms with Crippen LogP contribution in [0.4, 0.5) is 10.8 Å². The number of thioether (sulfide) groups is 1. The average molecular weight is 454 g/mol. The number of carbonyl (C=O) groups is 1. The lowest BCUT2D eigenvalue weighted by Gasteiger charge is -2.08. The summed E-state index contributed by atoms with van der Waals surface area (Å²) in [6, 6.07) is 13.2. The van der Waals surface area contributed by atoms with E-state index in [9.17, 15) is 13.2 Å². The van der Waals surface area contributed by atoms with Crippen molar-refractivity contribution in [3.8, 4) is 0 Å². The summed E-state index contributed by atoms with van der Waals surface area (Å²) in [4.78, 5) is 18.2. The minimum atomic E-state index is -3.82. The highest BCUT2D eigenvalue weighted by molar-refractivity contribution is 7.98. The van der Waals surface area contributed by atoms with Crippen LogP contribution in [0.25, 0.3) is 0 Å². The van der Waals surface area contributed by atoms with Gasteiger partial charge in [0.2, 0.25) is 0 Å². The molecular weight excluding hydrogens is 438 g/mol. The first-order valence-electron chi connectivity index (χ1n) is 8.00. The first-order valence-corrected chi connectivity index (χ1v) is 11.9. The van der Waals surface area contributed by atoms with Gasteiger partial charge in [-0.25, -0.2) is 13.4 Å². The van der Waals surface area contributed by atoms with Gasteiger partial charge < -0.3 is 5.32 Å². The molecule has 1 amide bonds. The van der Waals surface area contributed by atoms with Crippen molar-refractivity contribution in [2.24, 2.45) is 0 Å². The summed E-state index contributed by atoms with van der Waals surface area (Å²) >= 11 is 8.30. The van der Waals surface area contributed by atoms with Gasteiger partial charge in [0.15, 0.2) is 5.13 Å². The van der Waals surface area contributed by atoms with Crippen LogP contribution >= 0.6 is 34.7 Å². The van der Waals surface area contributed by atoms with Crippen LogP contribution in [0.3, 0.4) is 0 Å². The number of benzene rings is 2. The Bertz CT molecular complexity index is 1110. The van der Waals surface area contributed by atoms with Gasteiger partial charge in [-0.2, -0.15) is 0 Å². The Kier molecular flexibility index (Phi) is 6.29. The smallest absolute Gasteiger partial charge is 0.267 e. The molecule has 2 aromatic carbocycles.